The van der Waals surface area contributed by atoms with E-state index < -0.39 is 0 Å². The highest BCUT2D eigenvalue weighted by Crippen LogP contribution is 2.29. The van der Waals surface area contributed by atoms with Crippen LogP contribution in [0.4, 0.5) is 0 Å². The van der Waals surface area contributed by atoms with E-state index in [0.717, 1.165) is 18.8 Å². The van der Waals surface area contributed by atoms with E-state index in [1.165, 1.54) is 15.3 Å². The fourth-order valence-electron chi connectivity index (χ4n) is 2.18. The van der Waals surface area contributed by atoms with Crippen LogP contribution in [0.1, 0.15) is 4.88 Å². The zero-order valence-electron chi connectivity index (χ0n) is 11.9. The summed E-state index contributed by atoms with van der Waals surface area (Å²) < 4.78 is 5.16. The minimum absolute atomic E-state index is 0.144. The first-order chi connectivity index (χ1) is 10.3. The third-order valence-electron chi connectivity index (χ3n) is 3.63. The van der Waals surface area contributed by atoms with Gasteiger partial charge in [0.15, 0.2) is 0 Å². The van der Waals surface area contributed by atoms with Gasteiger partial charge in [-0.05, 0) is 42.0 Å². The molecule has 0 saturated carbocycles. The molecule has 3 rings (SSSR count). The summed E-state index contributed by atoms with van der Waals surface area (Å²) in [6.07, 6.45) is 0. The van der Waals surface area contributed by atoms with Gasteiger partial charge in [-0.25, -0.2) is 0 Å². The molecule has 1 aliphatic rings. The van der Waals surface area contributed by atoms with Crippen molar-refractivity contribution in [2.45, 2.75) is 6.54 Å². The lowest BCUT2D eigenvalue weighted by Gasteiger charge is -2.25. The third kappa shape index (κ3) is 3.25. The van der Waals surface area contributed by atoms with Crippen molar-refractivity contribution in [1.29, 1.82) is 0 Å². The summed E-state index contributed by atoms with van der Waals surface area (Å²) >= 11 is 1.71. The predicted molar refractivity (Wildman–Crippen MR) is 84.5 cm³/mol. The van der Waals surface area contributed by atoms with Crippen LogP contribution in [0.3, 0.4) is 0 Å². The van der Waals surface area contributed by atoms with Gasteiger partial charge >= 0.3 is 0 Å². The van der Waals surface area contributed by atoms with E-state index in [0.29, 0.717) is 6.54 Å². The molecule has 1 amide bonds. The first-order valence-electron chi connectivity index (χ1n) is 6.98. The summed E-state index contributed by atoms with van der Waals surface area (Å²) in [6, 6.07) is 12.2. The van der Waals surface area contributed by atoms with E-state index in [-0.39, 0.29) is 11.8 Å². The summed E-state index contributed by atoms with van der Waals surface area (Å²) in [4.78, 5) is 14.2. The molecule has 5 heteroatoms. The van der Waals surface area contributed by atoms with Crippen molar-refractivity contribution in [2.75, 3.05) is 20.2 Å². The maximum Gasteiger partial charge on any atom is 0.225 e. The van der Waals surface area contributed by atoms with Crippen LogP contribution in [0.5, 0.6) is 5.75 Å². The summed E-state index contributed by atoms with van der Waals surface area (Å²) in [5, 5.41) is 6.10. The molecule has 0 unspecified atom stereocenters. The molecule has 1 aromatic carbocycles. The van der Waals surface area contributed by atoms with Gasteiger partial charge < -0.3 is 15.4 Å². The minimum Gasteiger partial charge on any atom is -0.497 e. The molecule has 0 aliphatic carbocycles. The summed E-state index contributed by atoms with van der Waals surface area (Å²) in [5.41, 5.74) is 1.17. The summed E-state index contributed by atoms with van der Waals surface area (Å²) in [7, 11) is 1.67. The Balaban J connectivity index is 1.61. The largest absolute Gasteiger partial charge is 0.497 e. The molecule has 0 radical (unpaired) electrons. The lowest BCUT2D eigenvalue weighted by atomic mass is 10.0. The normalized spacial score (nSPS) is 14.5. The highest BCUT2D eigenvalue weighted by Gasteiger charge is 2.24. The van der Waals surface area contributed by atoms with Crippen LogP contribution < -0.4 is 15.4 Å². The second-order valence-corrected chi connectivity index (χ2v) is 6.24. The summed E-state index contributed by atoms with van der Waals surface area (Å²) in [6.45, 7) is 2.21. The van der Waals surface area contributed by atoms with Gasteiger partial charge in [0.05, 0.1) is 19.6 Å². The number of nitrogens with one attached hydrogen (secondary N) is 2. The van der Waals surface area contributed by atoms with E-state index in [1.807, 2.05) is 24.3 Å². The maximum absolute atomic E-state index is 11.8. The fraction of sp³-hybridized carbons (Fsp3) is 0.312. The molecule has 2 N–H and O–H groups in total. The lowest BCUT2D eigenvalue weighted by molar-refractivity contribution is -0.126. The second-order valence-electron chi connectivity index (χ2n) is 5.07. The number of carbonyl (C=O) groups is 1. The monoisotopic (exact) mass is 302 g/mol. The zero-order chi connectivity index (χ0) is 14.7. The average Bonchev–Trinajstić information content (AvgIpc) is 2.92. The van der Waals surface area contributed by atoms with Crippen LogP contribution >= 0.6 is 11.3 Å². The SMILES string of the molecule is COc1ccc(-c2ccc(CNC(=O)C3CNC3)s2)cc1. The van der Waals surface area contributed by atoms with Crippen molar-refractivity contribution >= 4 is 17.2 Å². The van der Waals surface area contributed by atoms with Crippen molar-refractivity contribution in [3.63, 3.8) is 0 Å². The summed E-state index contributed by atoms with van der Waals surface area (Å²) in [5.74, 6) is 1.15. The van der Waals surface area contributed by atoms with E-state index in [4.69, 9.17) is 4.74 Å². The van der Waals surface area contributed by atoms with Gasteiger partial charge in [-0.3, -0.25) is 4.79 Å². The molecule has 1 fully saturated rings. The zero-order valence-corrected chi connectivity index (χ0v) is 12.7. The molecule has 2 aromatic rings. The van der Waals surface area contributed by atoms with Crippen LogP contribution in [-0.2, 0) is 11.3 Å². The Morgan fingerprint density at radius 2 is 2.05 bits per heavy atom. The third-order valence-corrected chi connectivity index (χ3v) is 4.76. The Labute approximate surface area is 128 Å². The number of thiophene rings is 1. The Morgan fingerprint density at radius 3 is 2.67 bits per heavy atom. The van der Waals surface area contributed by atoms with Gasteiger partial charge in [0, 0.05) is 22.8 Å². The van der Waals surface area contributed by atoms with Crippen LogP contribution in [0.25, 0.3) is 10.4 Å². The minimum atomic E-state index is 0.144. The average molecular weight is 302 g/mol. The lowest BCUT2D eigenvalue weighted by Crippen LogP contribution is -2.50. The van der Waals surface area contributed by atoms with Crippen LogP contribution in [0, 0.1) is 5.92 Å². The molecule has 4 nitrogen and oxygen atoms in total. The van der Waals surface area contributed by atoms with Gasteiger partial charge in [0.25, 0.3) is 0 Å². The molecule has 0 atom stereocenters. The Bertz CT molecular complexity index is 617. The first-order valence-corrected chi connectivity index (χ1v) is 7.79. The molecule has 1 saturated heterocycles. The quantitative estimate of drug-likeness (QED) is 0.891. The smallest absolute Gasteiger partial charge is 0.225 e. The standard InChI is InChI=1S/C16H18N2O2S/c1-20-13-4-2-11(3-5-13)15-7-6-14(21-15)10-18-16(19)12-8-17-9-12/h2-7,12,17H,8-10H2,1H3,(H,18,19). The van der Waals surface area contributed by atoms with E-state index in [9.17, 15) is 4.79 Å². The number of ether oxygens (including phenoxy) is 1. The number of carbonyl (C=O) groups excluding carboxylic acids is 1. The number of amides is 1. The van der Waals surface area contributed by atoms with Gasteiger partial charge in [-0.1, -0.05) is 0 Å². The molecule has 1 aromatic heterocycles. The number of benzene rings is 1. The molecule has 0 bridgehead atoms. The van der Waals surface area contributed by atoms with Gasteiger partial charge in [-0.15, -0.1) is 11.3 Å². The molecule has 1 aliphatic heterocycles. The van der Waals surface area contributed by atoms with E-state index in [2.05, 4.69) is 22.8 Å². The van der Waals surface area contributed by atoms with Crippen LogP contribution in [-0.4, -0.2) is 26.1 Å². The molecule has 21 heavy (non-hydrogen) atoms. The number of hydrogen-bond acceptors (Lipinski definition) is 4. The van der Waals surface area contributed by atoms with Crippen molar-refractivity contribution in [2.24, 2.45) is 5.92 Å². The molecule has 2 heterocycles. The number of rotatable bonds is 5. The Morgan fingerprint density at radius 1 is 1.29 bits per heavy atom. The van der Waals surface area contributed by atoms with Crippen molar-refractivity contribution in [3.8, 4) is 16.2 Å². The predicted octanol–water partition coefficient (Wildman–Crippen LogP) is 2.26. The molecule has 110 valence electrons. The van der Waals surface area contributed by atoms with E-state index >= 15 is 0 Å². The first kappa shape index (κ1) is 14.1. The molecular formula is C16H18N2O2S. The number of hydrogen-bond donors (Lipinski definition) is 2. The van der Waals surface area contributed by atoms with Gasteiger partial charge in [0.2, 0.25) is 5.91 Å². The number of methoxy groups -OCH3 is 1. The van der Waals surface area contributed by atoms with Gasteiger partial charge in [-0.2, -0.15) is 0 Å². The highest BCUT2D eigenvalue weighted by molar-refractivity contribution is 7.15. The molecular weight excluding hydrogens is 284 g/mol. The second kappa shape index (κ2) is 6.28. The maximum atomic E-state index is 11.8. The van der Waals surface area contributed by atoms with Gasteiger partial charge in [0.1, 0.15) is 5.75 Å². The van der Waals surface area contributed by atoms with Crippen molar-refractivity contribution in [1.82, 2.24) is 10.6 Å². The highest BCUT2D eigenvalue weighted by atomic mass is 32.1. The molecule has 0 spiro atoms. The van der Waals surface area contributed by atoms with Crippen molar-refractivity contribution in [3.05, 3.63) is 41.3 Å². The van der Waals surface area contributed by atoms with Crippen LogP contribution in [0.15, 0.2) is 36.4 Å². The van der Waals surface area contributed by atoms with Crippen molar-refractivity contribution < 1.29 is 9.53 Å². The Kier molecular flexibility index (Phi) is 4.22. The fourth-order valence-corrected chi connectivity index (χ4v) is 3.13. The van der Waals surface area contributed by atoms with E-state index in [1.54, 1.807) is 18.4 Å². The Hall–Kier alpha value is -1.85. The van der Waals surface area contributed by atoms with Crippen LogP contribution in [0.2, 0.25) is 0 Å². The topological polar surface area (TPSA) is 50.4 Å².